The highest BCUT2D eigenvalue weighted by Gasteiger charge is 2.08. The number of hydrogen-bond acceptors (Lipinski definition) is 2. The third-order valence-electron chi connectivity index (χ3n) is 3.09. The van der Waals surface area contributed by atoms with Crippen LogP contribution in [0.15, 0.2) is 36.7 Å². The van der Waals surface area contributed by atoms with Crippen molar-refractivity contribution in [1.82, 2.24) is 14.9 Å². The van der Waals surface area contributed by atoms with E-state index in [9.17, 15) is 0 Å². The lowest BCUT2D eigenvalue weighted by Crippen LogP contribution is -2.22. The molecule has 0 amide bonds. The number of nitrogens with one attached hydrogen (secondary N) is 1. The molecule has 2 aromatic rings. The van der Waals surface area contributed by atoms with Gasteiger partial charge in [0.15, 0.2) is 0 Å². The van der Waals surface area contributed by atoms with Gasteiger partial charge >= 0.3 is 0 Å². The summed E-state index contributed by atoms with van der Waals surface area (Å²) in [5, 5.41) is 4.28. The van der Waals surface area contributed by atoms with E-state index in [1.54, 1.807) is 0 Å². The molecule has 1 heterocycles. The minimum atomic E-state index is 0.249. The lowest BCUT2D eigenvalue weighted by atomic mass is 10.1. The molecule has 2 rings (SSSR count). The molecule has 96 valence electrons. The van der Waals surface area contributed by atoms with Gasteiger partial charge in [0.05, 0.1) is 0 Å². The smallest absolute Gasteiger partial charge is 0.109 e. The molecule has 1 unspecified atom stereocenters. The molecule has 0 saturated heterocycles. The van der Waals surface area contributed by atoms with Crippen LogP contribution in [-0.2, 0) is 13.5 Å². The number of nitrogens with zero attached hydrogens (tertiary/aromatic N) is 2. The van der Waals surface area contributed by atoms with Crippen LogP contribution < -0.4 is 5.32 Å². The second-order valence-electron chi connectivity index (χ2n) is 4.40. The van der Waals surface area contributed by atoms with E-state index in [2.05, 4.69) is 23.3 Å². The molecule has 1 atom stereocenters. The van der Waals surface area contributed by atoms with Gasteiger partial charge in [0.2, 0.25) is 0 Å². The van der Waals surface area contributed by atoms with Crippen molar-refractivity contribution in [2.45, 2.75) is 19.4 Å². The Bertz CT molecular complexity index is 507. The second-order valence-corrected chi connectivity index (χ2v) is 4.81. The summed E-state index contributed by atoms with van der Waals surface area (Å²) in [5.41, 5.74) is 1.14. The Morgan fingerprint density at radius 2 is 2.17 bits per heavy atom. The van der Waals surface area contributed by atoms with E-state index in [1.807, 2.05) is 42.2 Å². The van der Waals surface area contributed by atoms with Gasteiger partial charge in [-0.3, -0.25) is 0 Å². The number of imidazole rings is 1. The van der Waals surface area contributed by atoms with Crippen LogP contribution in [0.25, 0.3) is 0 Å². The van der Waals surface area contributed by atoms with Gasteiger partial charge in [-0.25, -0.2) is 4.98 Å². The first kappa shape index (κ1) is 13.1. The summed E-state index contributed by atoms with van der Waals surface area (Å²) in [6.45, 7) is 3.01. The Kier molecular flexibility index (Phi) is 4.39. The van der Waals surface area contributed by atoms with Gasteiger partial charge in [-0.15, -0.1) is 0 Å². The predicted octanol–water partition coefficient (Wildman–Crippen LogP) is 2.97. The van der Waals surface area contributed by atoms with Crippen molar-refractivity contribution in [2.24, 2.45) is 7.05 Å². The van der Waals surface area contributed by atoms with Gasteiger partial charge in [0.1, 0.15) is 5.82 Å². The molecule has 0 aliphatic carbocycles. The van der Waals surface area contributed by atoms with E-state index in [4.69, 9.17) is 11.6 Å². The fourth-order valence-corrected chi connectivity index (χ4v) is 2.27. The van der Waals surface area contributed by atoms with Crippen molar-refractivity contribution in [3.05, 3.63) is 53.1 Å². The van der Waals surface area contributed by atoms with Crippen LogP contribution in [0, 0.1) is 0 Å². The number of halogens is 1. The quantitative estimate of drug-likeness (QED) is 0.899. The molecule has 0 aliphatic heterocycles. The van der Waals surface area contributed by atoms with Crippen molar-refractivity contribution in [1.29, 1.82) is 0 Å². The fourth-order valence-electron chi connectivity index (χ4n) is 1.97. The van der Waals surface area contributed by atoms with Crippen LogP contribution >= 0.6 is 11.6 Å². The first-order valence-corrected chi connectivity index (χ1v) is 6.50. The molecular formula is C14H18ClN3. The molecule has 18 heavy (non-hydrogen) atoms. The Morgan fingerprint density at radius 1 is 1.39 bits per heavy atom. The number of benzene rings is 1. The summed E-state index contributed by atoms with van der Waals surface area (Å²) in [6, 6.07) is 8.19. The molecule has 4 heteroatoms. The minimum Gasteiger partial charge on any atom is -0.338 e. The third kappa shape index (κ3) is 3.12. The van der Waals surface area contributed by atoms with Crippen LogP contribution in [-0.4, -0.2) is 16.1 Å². The molecule has 0 saturated carbocycles. The van der Waals surface area contributed by atoms with Crippen molar-refractivity contribution >= 4 is 11.6 Å². The zero-order valence-corrected chi connectivity index (χ0v) is 11.5. The molecule has 1 aromatic carbocycles. The number of aromatic nitrogens is 2. The summed E-state index contributed by atoms with van der Waals surface area (Å²) in [6.07, 6.45) is 4.71. The molecule has 0 aliphatic rings. The van der Waals surface area contributed by atoms with Gasteiger partial charge < -0.3 is 9.88 Å². The first-order valence-electron chi connectivity index (χ1n) is 6.12. The Labute approximate surface area is 113 Å². The van der Waals surface area contributed by atoms with Crippen LogP contribution in [0.3, 0.4) is 0 Å². The van der Waals surface area contributed by atoms with Crippen molar-refractivity contribution in [3.8, 4) is 0 Å². The van der Waals surface area contributed by atoms with Crippen LogP contribution in [0.4, 0.5) is 0 Å². The van der Waals surface area contributed by atoms with Crippen LogP contribution in [0.2, 0.25) is 5.02 Å². The van der Waals surface area contributed by atoms with E-state index in [-0.39, 0.29) is 6.04 Å². The van der Waals surface area contributed by atoms with E-state index < -0.39 is 0 Å². The molecule has 0 radical (unpaired) electrons. The van der Waals surface area contributed by atoms with E-state index in [0.717, 1.165) is 29.4 Å². The number of hydrogen-bond donors (Lipinski definition) is 1. The zero-order valence-electron chi connectivity index (χ0n) is 10.7. The maximum absolute atomic E-state index is 6.17. The van der Waals surface area contributed by atoms with E-state index in [0.29, 0.717) is 0 Å². The second kappa shape index (κ2) is 6.03. The molecule has 1 N–H and O–H groups in total. The summed E-state index contributed by atoms with van der Waals surface area (Å²) in [5.74, 6) is 1.09. The normalized spacial score (nSPS) is 12.6. The van der Waals surface area contributed by atoms with Crippen molar-refractivity contribution in [2.75, 3.05) is 6.54 Å². The van der Waals surface area contributed by atoms with Crippen LogP contribution in [0.5, 0.6) is 0 Å². The maximum atomic E-state index is 6.17. The fraction of sp³-hybridized carbons (Fsp3) is 0.357. The Balaban J connectivity index is 1.87. The first-order chi connectivity index (χ1) is 8.68. The van der Waals surface area contributed by atoms with Gasteiger partial charge in [-0.1, -0.05) is 29.8 Å². The molecule has 3 nitrogen and oxygen atoms in total. The Morgan fingerprint density at radius 3 is 2.83 bits per heavy atom. The van der Waals surface area contributed by atoms with Gasteiger partial charge in [0, 0.05) is 43.5 Å². The zero-order chi connectivity index (χ0) is 13.0. The third-order valence-corrected chi connectivity index (χ3v) is 3.44. The van der Waals surface area contributed by atoms with Gasteiger partial charge in [-0.05, 0) is 18.6 Å². The molecule has 1 aromatic heterocycles. The maximum Gasteiger partial charge on any atom is 0.109 e. The average molecular weight is 264 g/mol. The number of aryl methyl sites for hydroxylation is 1. The molecular weight excluding hydrogens is 246 g/mol. The lowest BCUT2D eigenvalue weighted by Gasteiger charge is -2.15. The van der Waals surface area contributed by atoms with Gasteiger partial charge in [0.25, 0.3) is 0 Å². The SMILES string of the molecule is CC(NCCc1nccn1C)c1ccccc1Cl. The molecule has 0 fully saturated rings. The highest BCUT2D eigenvalue weighted by atomic mass is 35.5. The Hall–Kier alpha value is -1.32. The molecule has 0 spiro atoms. The van der Waals surface area contributed by atoms with Crippen molar-refractivity contribution in [3.63, 3.8) is 0 Å². The summed E-state index contributed by atoms with van der Waals surface area (Å²) in [4.78, 5) is 4.30. The topological polar surface area (TPSA) is 29.9 Å². The summed E-state index contributed by atoms with van der Waals surface area (Å²) in [7, 11) is 2.01. The van der Waals surface area contributed by atoms with E-state index in [1.165, 1.54) is 0 Å². The van der Waals surface area contributed by atoms with Crippen LogP contribution in [0.1, 0.15) is 24.4 Å². The van der Waals surface area contributed by atoms with E-state index >= 15 is 0 Å². The minimum absolute atomic E-state index is 0.249. The lowest BCUT2D eigenvalue weighted by molar-refractivity contribution is 0.565. The highest BCUT2D eigenvalue weighted by molar-refractivity contribution is 6.31. The largest absolute Gasteiger partial charge is 0.338 e. The monoisotopic (exact) mass is 263 g/mol. The standard InChI is InChI=1S/C14H18ClN3/c1-11(12-5-3-4-6-13(12)15)16-8-7-14-17-9-10-18(14)2/h3-6,9-11,16H,7-8H2,1-2H3. The van der Waals surface area contributed by atoms with Crippen molar-refractivity contribution < 1.29 is 0 Å². The highest BCUT2D eigenvalue weighted by Crippen LogP contribution is 2.21. The summed E-state index contributed by atoms with van der Waals surface area (Å²) < 4.78 is 2.04. The predicted molar refractivity (Wildman–Crippen MR) is 74.8 cm³/mol. The van der Waals surface area contributed by atoms with Gasteiger partial charge in [-0.2, -0.15) is 0 Å². The molecule has 0 bridgehead atoms. The summed E-state index contributed by atoms with van der Waals surface area (Å²) >= 11 is 6.17. The average Bonchev–Trinajstić information content (AvgIpc) is 2.75. The number of rotatable bonds is 5.